The first-order chi connectivity index (χ1) is 11.3. The Morgan fingerprint density at radius 3 is 2.43 bits per heavy atom. The van der Waals surface area contributed by atoms with E-state index in [0.717, 1.165) is 31.2 Å². The Hall–Kier alpha value is -2.90. The van der Waals surface area contributed by atoms with Crippen LogP contribution >= 0.6 is 0 Å². The lowest BCUT2D eigenvalue weighted by Crippen LogP contribution is -2.16. The summed E-state index contributed by atoms with van der Waals surface area (Å²) in [6.07, 6.45) is 3.43. The van der Waals surface area contributed by atoms with E-state index in [4.69, 9.17) is 10.00 Å². The zero-order valence-electron chi connectivity index (χ0n) is 12.6. The van der Waals surface area contributed by atoms with Gasteiger partial charge in [0.2, 0.25) is 0 Å². The number of hydrogen-bond donors (Lipinski definition) is 1. The second-order valence-electron chi connectivity index (χ2n) is 5.69. The molecule has 3 rings (SSSR count). The molecule has 1 aromatic carbocycles. The van der Waals surface area contributed by atoms with Crippen molar-refractivity contribution in [3.05, 3.63) is 29.8 Å². The minimum atomic E-state index is -0.418. The highest BCUT2D eigenvalue weighted by Crippen LogP contribution is 2.48. The van der Waals surface area contributed by atoms with Crippen LogP contribution in [-0.2, 0) is 4.74 Å². The predicted octanol–water partition coefficient (Wildman–Crippen LogP) is 3.30. The topological polar surface area (TPSA) is 62.1 Å². The van der Waals surface area contributed by atoms with Crippen LogP contribution in [0.15, 0.2) is 24.3 Å². The number of nitriles is 1. The lowest BCUT2D eigenvalue weighted by Gasteiger charge is -2.07. The summed E-state index contributed by atoms with van der Waals surface area (Å²) in [6.45, 7) is 0. The maximum absolute atomic E-state index is 12.0. The van der Waals surface area contributed by atoms with Crippen molar-refractivity contribution in [2.75, 3.05) is 5.32 Å². The molecule has 0 heterocycles. The Kier molecular flexibility index (Phi) is 4.51. The van der Waals surface area contributed by atoms with Gasteiger partial charge in [-0.2, -0.15) is 5.26 Å². The highest BCUT2D eigenvalue weighted by Gasteiger charge is 2.52. The van der Waals surface area contributed by atoms with Crippen LogP contribution in [0.3, 0.4) is 0 Å². The Bertz CT molecular complexity index is 735. The number of benzene rings is 1. The summed E-state index contributed by atoms with van der Waals surface area (Å²) in [5, 5.41) is 11.1. The number of nitrogens with zero attached hydrogens (tertiary/aromatic N) is 1. The second kappa shape index (κ2) is 6.91. The van der Waals surface area contributed by atoms with Gasteiger partial charge in [0.15, 0.2) is 6.07 Å². The van der Waals surface area contributed by atoms with Gasteiger partial charge in [0.1, 0.15) is 6.10 Å². The first-order valence-corrected chi connectivity index (χ1v) is 7.71. The third-order valence-electron chi connectivity index (χ3n) is 4.22. The highest BCUT2D eigenvalue weighted by molar-refractivity contribution is 5.84. The Balaban J connectivity index is 1.51. The van der Waals surface area contributed by atoms with Crippen LogP contribution in [0.1, 0.15) is 31.2 Å². The molecule has 4 nitrogen and oxygen atoms in total. The Morgan fingerprint density at radius 1 is 1.17 bits per heavy atom. The summed E-state index contributed by atoms with van der Waals surface area (Å²) in [4.78, 5) is 12.0. The van der Waals surface area contributed by atoms with E-state index in [9.17, 15) is 4.79 Å². The van der Waals surface area contributed by atoms with Crippen molar-refractivity contribution in [3.63, 3.8) is 0 Å². The molecule has 1 fully saturated rings. The van der Waals surface area contributed by atoms with Crippen LogP contribution in [0.25, 0.3) is 0 Å². The van der Waals surface area contributed by atoms with E-state index in [0.29, 0.717) is 17.5 Å². The molecule has 4 heteroatoms. The van der Waals surface area contributed by atoms with E-state index in [1.165, 1.54) is 0 Å². The van der Waals surface area contributed by atoms with E-state index in [2.05, 4.69) is 29.0 Å². The minimum Gasteiger partial charge on any atom is -0.445 e. The lowest BCUT2D eigenvalue weighted by molar-refractivity contribution is 0.143. The maximum Gasteiger partial charge on any atom is 0.411 e. The summed E-state index contributed by atoms with van der Waals surface area (Å²) in [5.74, 6) is 12.3. The minimum absolute atomic E-state index is 0.0254. The van der Waals surface area contributed by atoms with Gasteiger partial charge in [-0.3, -0.25) is 5.32 Å². The van der Waals surface area contributed by atoms with Crippen molar-refractivity contribution in [2.24, 2.45) is 11.8 Å². The predicted molar refractivity (Wildman–Crippen MR) is 86.0 cm³/mol. The number of amides is 1. The smallest absolute Gasteiger partial charge is 0.411 e. The van der Waals surface area contributed by atoms with Crippen molar-refractivity contribution in [3.8, 4) is 29.8 Å². The molecule has 23 heavy (non-hydrogen) atoms. The fourth-order valence-electron chi connectivity index (χ4n) is 3.00. The molecule has 0 saturated heterocycles. The SMILES string of the molecule is N#CC#Cc1ccc(NC(=O)OC2[C@H]3CCC#CCC[C@@H]23)cc1. The maximum atomic E-state index is 12.0. The third kappa shape index (κ3) is 3.85. The van der Waals surface area contributed by atoms with E-state index in [1.807, 2.05) is 0 Å². The molecule has 1 aromatic rings. The number of ether oxygens (including phenoxy) is 1. The number of carbonyl (C=O) groups is 1. The fraction of sp³-hybridized carbons (Fsp3) is 0.368. The number of anilines is 1. The molecule has 0 radical (unpaired) electrons. The molecule has 2 aliphatic carbocycles. The van der Waals surface area contributed by atoms with Crippen LogP contribution in [0.5, 0.6) is 0 Å². The largest absolute Gasteiger partial charge is 0.445 e. The quantitative estimate of drug-likeness (QED) is 0.853. The summed E-state index contributed by atoms with van der Waals surface area (Å²) in [5.41, 5.74) is 1.38. The zero-order valence-corrected chi connectivity index (χ0v) is 12.6. The van der Waals surface area contributed by atoms with Gasteiger partial charge >= 0.3 is 6.09 Å². The van der Waals surface area contributed by atoms with Gasteiger partial charge in [-0.1, -0.05) is 5.92 Å². The van der Waals surface area contributed by atoms with Crippen LogP contribution < -0.4 is 5.32 Å². The average molecular weight is 304 g/mol. The van der Waals surface area contributed by atoms with Gasteiger partial charge < -0.3 is 4.74 Å². The van der Waals surface area contributed by atoms with Crippen LogP contribution in [0, 0.1) is 46.8 Å². The number of hydrogen-bond acceptors (Lipinski definition) is 3. The lowest BCUT2D eigenvalue weighted by atomic mass is 10.1. The van der Waals surface area contributed by atoms with Gasteiger partial charge in [-0.05, 0) is 37.1 Å². The molecule has 2 aliphatic rings. The average Bonchev–Trinajstić information content (AvgIpc) is 3.15. The standard InChI is InChI=1S/C19H16N2O2/c20-13-5-6-14-9-11-15(12-10-14)21-19(22)23-18-16-7-3-1-2-4-8-17(16)18/h9-12,16-18H,3-4,7-8H2,(H,21,22)/t16-,17+,18?. The molecule has 1 N–H and O–H groups in total. The Morgan fingerprint density at radius 2 is 1.83 bits per heavy atom. The van der Waals surface area contributed by atoms with E-state index >= 15 is 0 Å². The molecular weight excluding hydrogens is 288 g/mol. The molecule has 1 unspecified atom stereocenters. The van der Waals surface area contributed by atoms with Crippen LogP contribution in [0.4, 0.5) is 10.5 Å². The first-order valence-electron chi connectivity index (χ1n) is 7.71. The third-order valence-corrected chi connectivity index (χ3v) is 4.22. The van der Waals surface area contributed by atoms with Crippen LogP contribution in [0.2, 0.25) is 0 Å². The fourth-order valence-corrected chi connectivity index (χ4v) is 3.00. The van der Waals surface area contributed by atoms with Gasteiger partial charge in [0.25, 0.3) is 0 Å². The molecule has 1 saturated carbocycles. The zero-order chi connectivity index (χ0) is 16.1. The Labute approximate surface area is 135 Å². The van der Waals surface area contributed by atoms with Crippen molar-refractivity contribution in [1.82, 2.24) is 0 Å². The number of carbonyl (C=O) groups excluding carboxylic acids is 1. The normalized spacial score (nSPS) is 24.0. The monoisotopic (exact) mass is 304 g/mol. The summed E-state index contributed by atoms with van der Waals surface area (Å²) in [6, 6.07) is 8.76. The molecule has 114 valence electrons. The highest BCUT2D eigenvalue weighted by atomic mass is 16.6. The van der Waals surface area contributed by atoms with E-state index < -0.39 is 6.09 Å². The summed E-state index contributed by atoms with van der Waals surface area (Å²) in [7, 11) is 0. The molecule has 3 atom stereocenters. The molecule has 1 amide bonds. The van der Waals surface area contributed by atoms with Crippen molar-refractivity contribution < 1.29 is 9.53 Å². The van der Waals surface area contributed by atoms with Gasteiger partial charge in [-0.25, -0.2) is 4.79 Å². The van der Waals surface area contributed by atoms with E-state index in [1.54, 1.807) is 30.3 Å². The number of nitrogens with one attached hydrogen (secondary N) is 1. The van der Waals surface area contributed by atoms with Crippen molar-refractivity contribution in [2.45, 2.75) is 31.8 Å². The van der Waals surface area contributed by atoms with Crippen molar-refractivity contribution >= 4 is 11.8 Å². The molecule has 0 spiro atoms. The van der Waals surface area contributed by atoms with E-state index in [-0.39, 0.29) is 6.10 Å². The number of fused-ring (bicyclic) bond motifs is 1. The second-order valence-corrected chi connectivity index (χ2v) is 5.69. The van der Waals surface area contributed by atoms with Gasteiger partial charge in [-0.15, -0.1) is 11.8 Å². The summed E-state index contributed by atoms with van der Waals surface area (Å²) < 4.78 is 5.54. The first kappa shape index (κ1) is 15.0. The van der Waals surface area contributed by atoms with Crippen molar-refractivity contribution in [1.29, 1.82) is 5.26 Å². The molecule has 0 aliphatic heterocycles. The summed E-state index contributed by atoms with van der Waals surface area (Å²) >= 11 is 0. The molecule has 0 aromatic heterocycles. The number of rotatable bonds is 2. The van der Waals surface area contributed by atoms with Crippen LogP contribution in [-0.4, -0.2) is 12.2 Å². The van der Waals surface area contributed by atoms with Gasteiger partial charge in [0.05, 0.1) is 0 Å². The van der Waals surface area contributed by atoms with Gasteiger partial charge in [0, 0.05) is 41.8 Å². The molecular formula is C19H16N2O2. The molecule has 0 bridgehead atoms.